The first-order valence-electron chi connectivity index (χ1n) is 10.1. The Morgan fingerprint density at radius 3 is 2.67 bits per heavy atom. The predicted molar refractivity (Wildman–Crippen MR) is 107 cm³/mol. The number of rotatable bonds is 11. The second-order valence-corrected chi connectivity index (χ2v) is 7.01. The Balaban J connectivity index is 1.79. The Hall–Kier alpha value is -2.02. The van der Waals surface area contributed by atoms with Gasteiger partial charge in [-0.25, -0.2) is 0 Å². The van der Waals surface area contributed by atoms with Crippen molar-refractivity contribution in [2.45, 2.75) is 46.0 Å². The molecule has 1 aromatic heterocycles. The van der Waals surface area contributed by atoms with E-state index in [9.17, 15) is 4.79 Å². The summed E-state index contributed by atoms with van der Waals surface area (Å²) in [7, 11) is 0. The second kappa shape index (κ2) is 11.6. The molecular formula is C20H34N4O3. The number of guanidine groups is 1. The summed E-state index contributed by atoms with van der Waals surface area (Å²) < 4.78 is 10.7. The molecule has 1 saturated carbocycles. The van der Waals surface area contributed by atoms with Gasteiger partial charge in [-0.1, -0.05) is 12.8 Å². The van der Waals surface area contributed by atoms with Crippen LogP contribution in [-0.2, 0) is 4.74 Å². The van der Waals surface area contributed by atoms with Crippen LogP contribution in [0.15, 0.2) is 27.8 Å². The third-order valence-corrected chi connectivity index (χ3v) is 5.01. The van der Waals surface area contributed by atoms with Crippen LogP contribution in [0.1, 0.15) is 56.5 Å². The number of carbonyl (C=O) groups is 1. The van der Waals surface area contributed by atoms with Gasteiger partial charge in [0.25, 0.3) is 5.91 Å². The number of amides is 1. The van der Waals surface area contributed by atoms with Crippen molar-refractivity contribution in [3.63, 3.8) is 0 Å². The van der Waals surface area contributed by atoms with E-state index in [0.717, 1.165) is 38.7 Å². The summed E-state index contributed by atoms with van der Waals surface area (Å²) in [5.74, 6) is 0.921. The molecule has 1 fully saturated rings. The van der Waals surface area contributed by atoms with Gasteiger partial charge in [0.05, 0.1) is 6.26 Å². The fraction of sp³-hybridized carbons (Fsp3) is 0.700. The number of aliphatic imine (C=N–C) groups is 1. The van der Waals surface area contributed by atoms with Crippen molar-refractivity contribution in [1.29, 1.82) is 0 Å². The van der Waals surface area contributed by atoms with E-state index in [1.54, 1.807) is 12.1 Å². The van der Waals surface area contributed by atoms with E-state index in [0.29, 0.717) is 18.8 Å². The molecule has 1 heterocycles. The summed E-state index contributed by atoms with van der Waals surface area (Å²) >= 11 is 0. The van der Waals surface area contributed by atoms with Crippen LogP contribution < -0.4 is 16.0 Å². The zero-order chi connectivity index (χ0) is 19.4. The van der Waals surface area contributed by atoms with Crippen LogP contribution in [0.3, 0.4) is 0 Å². The highest BCUT2D eigenvalue weighted by Gasteiger charge is 2.33. The number of carbonyl (C=O) groups excluding carboxylic acids is 1. The minimum Gasteiger partial charge on any atom is -0.459 e. The van der Waals surface area contributed by atoms with Crippen molar-refractivity contribution in [3.05, 3.63) is 24.2 Å². The van der Waals surface area contributed by atoms with Gasteiger partial charge in [-0.3, -0.25) is 9.79 Å². The summed E-state index contributed by atoms with van der Waals surface area (Å²) in [6, 6.07) is 3.35. The molecule has 0 atom stereocenters. The van der Waals surface area contributed by atoms with Crippen molar-refractivity contribution < 1.29 is 13.9 Å². The van der Waals surface area contributed by atoms with Crippen LogP contribution in [0.2, 0.25) is 0 Å². The highest BCUT2D eigenvalue weighted by molar-refractivity contribution is 5.91. The molecule has 0 aliphatic heterocycles. The predicted octanol–water partition coefficient (Wildman–Crippen LogP) is 2.55. The van der Waals surface area contributed by atoms with Crippen molar-refractivity contribution in [2.75, 3.05) is 39.4 Å². The molecule has 27 heavy (non-hydrogen) atoms. The lowest BCUT2D eigenvalue weighted by atomic mass is 9.83. The Morgan fingerprint density at radius 1 is 1.22 bits per heavy atom. The molecule has 0 bridgehead atoms. The Morgan fingerprint density at radius 2 is 2.00 bits per heavy atom. The molecule has 0 unspecified atom stereocenters. The monoisotopic (exact) mass is 378 g/mol. The molecule has 152 valence electrons. The van der Waals surface area contributed by atoms with Crippen molar-refractivity contribution in [3.8, 4) is 0 Å². The third kappa shape index (κ3) is 7.25. The normalized spacial score (nSPS) is 16.3. The summed E-state index contributed by atoms with van der Waals surface area (Å²) in [5, 5.41) is 9.40. The lowest BCUT2D eigenvalue weighted by molar-refractivity contribution is 0.0926. The van der Waals surface area contributed by atoms with Gasteiger partial charge in [0.15, 0.2) is 11.7 Å². The van der Waals surface area contributed by atoms with Crippen LogP contribution in [0.4, 0.5) is 0 Å². The molecule has 0 saturated heterocycles. The molecule has 1 aliphatic carbocycles. The molecule has 0 aromatic carbocycles. The van der Waals surface area contributed by atoms with E-state index in [1.807, 2.05) is 6.92 Å². The molecule has 1 amide bonds. The van der Waals surface area contributed by atoms with E-state index in [-0.39, 0.29) is 11.3 Å². The highest BCUT2D eigenvalue weighted by atomic mass is 16.5. The molecule has 2 rings (SSSR count). The van der Waals surface area contributed by atoms with Gasteiger partial charge in [0.2, 0.25) is 0 Å². The van der Waals surface area contributed by atoms with Crippen LogP contribution in [0, 0.1) is 5.41 Å². The third-order valence-electron chi connectivity index (χ3n) is 5.01. The minimum atomic E-state index is -0.204. The van der Waals surface area contributed by atoms with Gasteiger partial charge in [-0.15, -0.1) is 0 Å². The Kier molecular flexibility index (Phi) is 9.18. The zero-order valence-electron chi connectivity index (χ0n) is 16.7. The van der Waals surface area contributed by atoms with Crippen LogP contribution in [0.25, 0.3) is 0 Å². The summed E-state index contributed by atoms with van der Waals surface area (Å²) in [4.78, 5) is 16.7. The maximum atomic E-state index is 11.9. The number of nitrogens with zero attached hydrogens (tertiary/aromatic N) is 1. The smallest absolute Gasteiger partial charge is 0.287 e. The van der Waals surface area contributed by atoms with Crippen LogP contribution in [0.5, 0.6) is 0 Å². The SMILES string of the molecule is CCNC(=NCC1(CCOCC)CCCC1)NCCNC(=O)c1ccco1. The van der Waals surface area contributed by atoms with Crippen molar-refractivity contribution in [2.24, 2.45) is 10.4 Å². The van der Waals surface area contributed by atoms with Crippen LogP contribution >= 0.6 is 0 Å². The fourth-order valence-corrected chi connectivity index (χ4v) is 3.49. The molecular weight excluding hydrogens is 344 g/mol. The maximum absolute atomic E-state index is 11.9. The molecule has 1 aliphatic rings. The number of furan rings is 1. The maximum Gasteiger partial charge on any atom is 0.287 e. The van der Waals surface area contributed by atoms with Gasteiger partial charge in [-0.2, -0.15) is 0 Å². The van der Waals surface area contributed by atoms with Gasteiger partial charge in [0, 0.05) is 39.4 Å². The average molecular weight is 379 g/mol. The number of hydrogen-bond donors (Lipinski definition) is 3. The van der Waals surface area contributed by atoms with Crippen LogP contribution in [-0.4, -0.2) is 51.3 Å². The summed E-state index contributed by atoms with van der Waals surface area (Å²) in [5.41, 5.74) is 0.269. The molecule has 0 spiro atoms. The average Bonchev–Trinajstić information content (AvgIpc) is 3.36. The first kappa shape index (κ1) is 21.3. The second-order valence-electron chi connectivity index (χ2n) is 7.01. The summed E-state index contributed by atoms with van der Waals surface area (Å²) in [6.45, 7) is 8.39. The van der Waals surface area contributed by atoms with E-state index in [4.69, 9.17) is 14.1 Å². The van der Waals surface area contributed by atoms with Gasteiger partial charge >= 0.3 is 0 Å². The number of nitrogens with one attached hydrogen (secondary N) is 3. The molecule has 0 radical (unpaired) electrons. The van der Waals surface area contributed by atoms with E-state index >= 15 is 0 Å². The van der Waals surface area contributed by atoms with Gasteiger partial charge in [-0.05, 0) is 50.7 Å². The molecule has 7 nitrogen and oxygen atoms in total. The number of hydrogen-bond acceptors (Lipinski definition) is 4. The van der Waals surface area contributed by atoms with E-state index < -0.39 is 0 Å². The zero-order valence-corrected chi connectivity index (χ0v) is 16.7. The lowest BCUT2D eigenvalue weighted by Crippen LogP contribution is -2.42. The van der Waals surface area contributed by atoms with Gasteiger partial charge < -0.3 is 25.1 Å². The first-order chi connectivity index (χ1) is 13.2. The summed E-state index contributed by atoms with van der Waals surface area (Å²) in [6.07, 6.45) is 7.58. The van der Waals surface area contributed by atoms with Crippen molar-refractivity contribution >= 4 is 11.9 Å². The Bertz CT molecular complexity index is 566. The van der Waals surface area contributed by atoms with Crippen molar-refractivity contribution in [1.82, 2.24) is 16.0 Å². The fourth-order valence-electron chi connectivity index (χ4n) is 3.49. The molecule has 7 heteroatoms. The van der Waals surface area contributed by atoms with E-state index in [2.05, 4.69) is 22.9 Å². The largest absolute Gasteiger partial charge is 0.459 e. The van der Waals surface area contributed by atoms with E-state index in [1.165, 1.54) is 31.9 Å². The number of ether oxygens (including phenoxy) is 1. The quantitative estimate of drug-likeness (QED) is 0.313. The Labute approximate surface area is 162 Å². The van der Waals surface area contributed by atoms with Gasteiger partial charge in [0.1, 0.15) is 0 Å². The molecule has 1 aromatic rings. The topological polar surface area (TPSA) is 87.9 Å². The standard InChI is InChI=1S/C20H34N4O3/c1-3-21-19(23-13-12-22-18(25)17-8-7-14-27-17)24-16-20(9-5-6-10-20)11-15-26-4-2/h7-8,14H,3-6,9-13,15-16H2,1-2H3,(H,22,25)(H2,21,23,24). The molecule has 3 N–H and O–H groups in total. The minimum absolute atomic E-state index is 0.204. The highest BCUT2D eigenvalue weighted by Crippen LogP contribution is 2.41. The first-order valence-corrected chi connectivity index (χ1v) is 10.1. The lowest BCUT2D eigenvalue weighted by Gasteiger charge is -2.27.